The number of aryl methyl sites for hydroxylation is 1. The van der Waals surface area contributed by atoms with Crippen molar-refractivity contribution in [3.05, 3.63) is 29.3 Å². The number of nitrogens with one attached hydrogen (secondary N) is 1. The number of ether oxygens (including phenoxy) is 1. The van der Waals surface area contributed by atoms with E-state index >= 15 is 0 Å². The lowest BCUT2D eigenvalue weighted by Crippen LogP contribution is -2.41. The monoisotopic (exact) mass is 326 g/mol. The smallest absolute Gasteiger partial charge is 0.241 e. The van der Waals surface area contributed by atoms with Crippen molar-refractivity contribution in [2.75, 3.05) is 0 Å². The zero-order chi connectivity index (χ0) is 15.2. The number of rotatable bonds is 4. The molecule has 5 nitrogen and oxygen atoms in total. The summed E-state index contributed by atoms with van der Waals surface area (Å²) in [7, 11) is -3.60. The molecule has 0 aliphatic carbocycles. The number of thiocarbonyl (C=S) groups is 1. The van der Waals surface area contributed by atoms with Crippen LogP contribution in [0.25, 0.3) is 0 Å². The van der Waals surface area contributed by atoms with Gasteiger partial charge >= 0.3 is 0 Å². The molecule has 2 saturated heterocycles. The first-order valence-electron chi connectivity index (χ1n) is 6.95. The minimum atomic E-state index is -3.60. The Kier molecular flexibility index (Phi) is 3.77. The largest absolute Gasteiger partial charge is 0.389 e. The van der Waals surface area contributed by atoms with E-state index in [1.807, 2.05) is 0 Å². The average Bonchev–Trinajstić information content (AvgIpc) is 3.00. The second-order valence-electron chi connectivity index (χ2n) is 5.68. The predicted molar refractivity (Wildman–Crippen MR) is 83.7 cm³/mol. The highest BCUT2D eigenvalue weighted by Crippen LogP contribution is 2.35. The zero-order valence-corrected chi connectivity index (χ0v) is 13.3. The van der Waals surface area contributed by atoms with Crippen LogP contribution in [0.5, 0.6) is 0 Å². The Balaban J connectivity index is 1.88. The summed E-state index contributed by atoms with van der Waals surface area (Å²) < 4.78 is 33.7. The van der Waals surface area contributed by atoms with E-state index in [9.17, 15) is 8.42 Å². The van der Waals surface area contributed by atoms with Gasteiger partial charge in [0.25, 0.3) is 0 Å². The lowest BCUT2D eigenvalue weighted by Gasteiger charge is -2.20. The van der Waals surface area contributed by atoms with Crippen LogP contribution in [0.1, 0.15) is 30.4 Å². The van der Waals surface area contributed by atoms with Gasteiger partial charge in [-0.1, -0.05) is 24.4 Å². The molecule has 2 aliphatic rings. The third-order valence-electron chi connectivity index (χ3n) is 4.17. The van der Waals surface area contributed by atoms with Crippen LogP contribution in [0.3, 0.4) is 0 Å². The van der Waals surface area contributed by atoms with Crippen molar-refractivity contribution in [3.63, 3.8) is 0 Å². The van der Waals surface area contributed by atoms with E-state index in [-0.39, 0.29) is 28.1 Å². The Labute approximate surface area is 129 Å². The standard InChI is InChI=1S/C14H18N2O3S2/c1-8-2-3-9(14(15)20)6-13(8)21(17,18)16-11-7-10-4-5-12(11)19-10/h2-3,6,10-12,16H,4-5,7H2,1H3,(H2,15,20). The molecule has 114 valence electrons. The summed E-state index contributed by atoms with van der Waals surface area (Å²) in [6.07, 6.45) is 2.90. The van der Waals surface area contributed by atoms with Gasteiger partial charge in [0, 0.05) is 5.56 Å². The highest BCUT2D eigenvalue weighted by Gasteiger charge is 2.42. The molecule has 2 heterocycles. The van der Waals surface area contributed by atoms with E-state index in [0.717, 1.165) is 19.3 Å². The van der Waals surface area contributed by atoms with Gasteiger partial charge in [0.1, 0.15) is 4.99 Å². The fraction of sp³-hybridized carbons (Fsp3) is 0.500. The molecule has 3 N–H and O–H groups in total. The number of hydrogen-bond donors (Lipinski definition) is 2. The highest BCUT2D eigenvalue weighted by atomic mass is 32.2. The van der Waals surface area contributed by atoms with Crippen LogP contribution in [-0.2, 0) is 14.8 Å². The number of benzene rings is 1. The van der Waals surface area contributed by atoms with E-state index in [0.29, 0.717) is 11.1 Å². The molecule has 2 fully saturated rings. The fourth-order valence-corrected chi connectivity index (χ4v) is 4.74. The Morgan fingerprint density at radius 3 is 2.76 bits per heavy atom. The van der Waals surface area contributed by atoms with E-state index in [1.54, 1.807) is 19.1 Å². The van der Waals surface area contributed by atoms with Gasteiger partial charge in [0.05, 0.1) is 23.1 Å². The maximum absolute atomic E-state index is 12.6. The molecule has 21 heavy (non-hydrogen) atoms. The minimum Gasteiger partial charge on any atom is -0.389 e. The van der Waals surface area contributed by atoms with Gasteiger partial charge in [-0.25, -0.2) is 13.1 Å². The Bertz CT molecular complexity index is 687. The Hall–Kier alpha value is -1.02. The van der Waals surface area contributed by atoms with Crippen LogP contribution in [0.15, 0.2) is 23.1 Å². The second kappa shape index (κ2) is 5.31. The number of hydrogen-bond acceptors (Lipinski definition) is 4. The van der Waals surface area contributed by atoms with Gasteiger partial charge in [0.2, 0.25) is 10.0 Å². The second-order valence-corrected chi connectivity index (χ2v) is 7.80. The third-order valence-corrected chi connectivity index (χ3v) is 6.04. The van der Waals surface area contributed by atoms with Crippen molar-refractivity contribution >= 4 is 27.2 Å². The summed E-state index contributed by atoms with van der Waals surface area (Å²) in [4.78, 5) is 0.422. The van der Waals surface area contributed by atoms with Gasteiger partial charge < -0.3 is 10.5 Å². The lowest BCUT2D eigenvalue weighted by molar-refractivity contribution is 0.0996. The van der Waals surface area contributed by atoms with Crippen molar-refractivity contribution < 1.29 is 13.2 Å². The van der Waals surface area contributed by atoms with E-state index < -0.39 is 10.0 Å². The molecule has 0 amide bonds. The number of nitrogens with two attached hydrogens (primary N) is 1. The van der Waals surface area contributed by atoms with Crippen molar-refractivity contribution in [1.82, 2.24) is 4.72 Å². The molecule has 1 aromatic carbocycles. The topological polar surface area (TPSA) is 81.4 Å². The first-order chi connectivity index (χ1) is 9.87. The average molecular weight is 326 g/mol. The summed E-state index contributed by atoms with van der Waals surface area (Å²) in [5.41, 5.74) is 6.81. The molecule has 2 bridgehead atoms. The lowest BCUT2D eigenvalue weighted by atomic mass is 9.96. The van der Waals surface area contributed by atoms with Crippen LogP contribution >= 0.6 is 12.2 Å². The van der Waals surface area contributed by atoms with Gasteiger partial charge in [-0.3, -0.25) is 0 Å². The van der Waals surface area contributed by atoms with Crippen LogP contribution < -0.4 is 10.5 Å². The number of sulfonamides is 1. The van der Waals surface area contributed by atoms with Crippen LogP contribution in [0, 0.1) is 6.92 Å². The molecule has 0 saturated carbocycles. The normalized spacial score (nSPS) is 28.0. The fourth-order valence-electron chi connectivity index (χ4n) is 3.07. The molecule has 2 aliphatic heterocycles. The predicted octanol–water partition coefficient (Wildman–Crippen LogP) is 1.23. The van der Waals surface area contributed by atoms with Crippen molar-refractivity contribution in [2.45, 2.75) is 49.3 Å². The zero-order valence-electron chi connectivity index (χ0n) is 11.7. The van der Waals surface area contributed by atoms with E-state index in [4.69, 9.17) is 22.7 Å². The SMILES string of the molecule is Cc1ccc(C(N)=S)cc1S(=O)(=O)NC1CC2CCC1O2. The molecule has 7 heteroatoms. The van der Waals surface area contributed by atoms with Crippen molar-refractivity contribution in [3.8, 4) is 0 Å². The van der Waals surface area contributed by atoms with Gasteiger partial charge in [0.15, 0.2) is 0 Å². The first kappa shape index (κ1) is 14.9. The summed E-state index contributed by atoms with van der Waals surface area (Å²) in [6, 6.07) is 4.85. The summed E-state index contributed by atoms with van der Waals surface area (Å²) >= 11 is 4.92. The molecular formula is C14H18N2O3S2. The maximum Gasteiger partial charge on any atom is 0.241 e. The number of fused-ring (bicyclic) bond motifs is 2. The molecule has 0 aromatic heterocycles. The molecule has 1 aromatic rings. The Morgan fingerprint density at radius 2 is 2.19 bits per heavy atom. The van der Waals surface area contributed by atoms with Crippen molar-refractivity contribution in [1.29, 1.82) is 0 Å². The molecule has 0 radical (unpaired) electrons. The highest BCUT2D eigenvalue weighted by molar-refractivity contribution is 7.89. The molecule has 0 spiro atoms. The summed E-state index contributed by atoms with van der Waals surface area (Å²) in [5, 5.41) is 0. The quantitative estimate of drug-likeness (QED) is 0.813. The molecule has 3 atom stereocenters. The van der Waals surface area contributed by atoms with Crippen LogP contribution in [0.2, 0.25) is 0 Å². The minimum absolute atomic E-state index is 0.00356. The van der Waals surface area contributed by atoms with Gasteiger partial charge in [-0.05, 0) is 37.8 Å². The van der Waals surface area contributed by atoms with E-state index in [1.165, 1.54) is 6.07 Å². The van der Waals surface area contributed by atoms with Crippen LogP contribution in [0.4, 0.5) is 0 Å². The van der Waals surface area contributed by atoms with Crippen molar-refractivity contribution in [2.24, 2.45) is 5.73 Å². The summed E-state index contributed by atoms with van der Waals surface area (Å²) in [6.45, 7) is 1.76. The maximum atomic E-state index is 12.6. The van der Waals surface area contributed by atoms with Crippen LogP contribution in [-0.4, -0.2) is 31.7 Å². The van der Waals surface area contributed by atoms with Gasteiger partial charge in [-0.2, -0.15) is 0 Å². The summed E-state index contributed by atoms with van der Waals surface area (Å²) in [5.74, 6) is 0. The van der Waals surface area contributed by atoms with Gasteiger partial charge in [-0.15, -0.1) is 0 Å². The first-order valence-corrected chi connectivity index (χ1v) is 8.84. The third kappa shape index (κ3) is 2.83. The molecular weight excluding hydrogens is 308 g/mol. The Morgan fingerprint density at radius 1 is 1.43 bits per heavy atom. The van der Waals surface area contributed by atoms with E-state index in [2.05, 4.69) is 4.72 Å². The molecule has 3 rings (SSSR count). The molecule has 3 unspecified atom stereocenters.